The van der Waals surface area contributed by atoms with Gasteiger partial charge in [-0.05, 0) is 60.4 Å². The van der Waals surface area contributed by atoms with Gasteiger partial charge in [-0.3, -0.25) is 0 Å². The maximum absolute atomic E-state index is 12.0. The first-order chi connectivity index (χ1) is 15.6. The van der Waals surface area contributed by atoms with E-state index in [1.165, 1.54) is 5.39 Å². The van der Waals surface area contributed by atoms with Gasteiger partial charge in [0.25, 0.3) is 0 Å². The molecule has 0 saturated heterocycles. The summed E-state index contributed by atoms with van der Waals surface area (Å²) in [5.74, 6) is 0.850. The predicted octanol–water partition coefficient (Wildman–Crippen LogP) is 5.86. The second-order valence-electron chi connectivity index (χ2n) is 7.47. The summed E-state index contributed by atoms with van der Waals surface area (Å²) in [4.78, 5) is 16.7. The van der Waals surface area contributed by atoms with Gasteiger partial charge in [0.15, 0.2) is 11.5 Å². The Bertz CT molecular complexity index is 1230. The molecular weight excluding hydrogens is 402 g/mol. The Morgan fingerprint density at radius 2 is 1.88 bits per heavy atom. The molecule has 3 aromatic rings. The molecule has 0 aromatic heterocycles. The Morgan fingerprint density at radius 3 is 2.62 bits per heavy atom. The van der Waals surface area contributed by atoms with Gasteiger partial charge < -0.3 is 14.3 Å². The van der Waals surface area contributed by atoms with Crippen LogP contribution in [-0.4, -0.2) is 18.3 Å². The van der Waals surface area contributed by atoms with E-state index in [0.717, 1.165) is 22.1 Å². The first-order valence-corrected chi connectivity index (χ1v) is 10.6. The zero-order chi connectivity index (χ0) is 22.5. The van der Waals surface area contributed by atoms with Crippen LogP contribution in [0, 0.1) is 0 Å². The highest BCUT2D eigenvalue weighted by molar-refractivity contribution is 6.24. The number of hydrogen-bond donors (Lipinski definition) is 0. The number of fused-ring (bicyclic) bond motifs is 1. The summed E-state index contributed by atoms with van der Waals surface area (Å²) >= 11 is 0. The van der Waals surface area contributed by atoms with Crippen molar-refractivity contribution in [2.75, 3.05) is 6.61 Å². The maximum Gasteiger partial charge on any atom is 0.367 e. The quantitative estimate of drug-likeness (QED) is 0.257. The van der Waals surface area contributed by atoms with Crippen molar-refractivity contribution in [3.8, 4) is 11.5 Å². The molecule has 5 heteroatoms. The fourth-order valence-electron chi connectivity index (χ4n) is 3.75. The Hall–Kier alpha value is -3.86. The molecule has 1 aliphatic rings. The van der Waals surface area contributed by atoms with E-state index >= 15 is 0 Å². The zero-order valence-corrected chi connectivity index (χ0v) is 18.3. The first kappa shape index (κ1) is 21.4. The highest BCUT2D eigenvalue weighted by atomic mass is 16.7. The van der Waals surface area contributed by atoms with E-state index in [4.69, 9.17) is 14.3 Å². The van der Waals surface area contributed by atoms with Gasteiger partial charge in [0.1, 0.15) is 6.61 Å². The fourth-order valence-corrected chi connectivity index (χ4v) is 3.75. The smallest absolute Gasteiger partial charge is 0.367 e. The molecule has 0 bridgehead atoms. The minimum absolute atomic E-state index is 0.407. The van der Waals surface area contributed by atoms with Crippen molar-refractivity contribution in [3.05, 3.63) is 89.5 Å². The first-order valence-electron chi connectivity index (χ1n) is 10.6. The lowest BCUT2D eigenvalue weighted by molar-refractivity contribution is -0.136. The van der Waals surface area contributed by atoms with E-state index in [1.807, 2.05) is 43.3 Å². The molecule has 0 atom stereocenters. The summed E-state index contributed by atoms with van der Waals surface area (Å²) in [5, 5.41) is 6.08. The highest BCUT2D eigenvalue weighted by Crippen LogP contribution is 2.36. The lowest BCUT2D eigenvalue weighted by Gasteiger charge is -2.17. The van der Waals surface area contributed by atoms with Gasteiger partial charge in [0.2, 0.25) is 0 Å². The predicted molar refractivity (Wildman–Crippen MR) is 127 cm³/mol. The van der Waals surface area contributed by atoms with Crippen molar-refractivity contribution in [3.63, 3.8) is 0 Å². The second-order valence-corrected chi connectivity index (χ2v) is 7.47. The van der Waals surface area contributed by atoms with E-state index in [0.29, 0.717) is 42.4 Å². The van der Waals surface area contributed by atoms with E-state index in [-0.39, 0.29) is 0 Å². The lowest BCUT2D eigenvalue weighted by Crippen LogP contribution is -2.05. The summed E-state index contributed by atoms with van der Waals surface area (Å²) < 4.78 is 12.2. The summed E-state index contributed by atoms with van der Waals surface area (Å²) in [6.07, 6.45) is 4.18. The molecule has 1 heterocycles. The number of ether oxygens (including phenoxy) is 2. The van der Waals surface area contributed by atoms with Crippen LogP contribution in [0.4, 0.5) is 0 Å². The van der Waals surface area contributed by atoms with E-state index < -0.39 is 5.97 Å². The van der Waals surface area contributed by atoms with Crippen molar-refractivity contribution < 1.29 is 19.1 Å². The number of allylic oxidation sites excluding steroid dienone is 1. The van der Waals surface area contributed by atoms with Gasteiger partial charge in [-0.15, -0.1) is 6.58 Å². The molecule has 0 amide bonds. The third kappa shape index (κ3) is 4.42. The summed E-state index contributed by atoms with van der Waals surface area (Å²) in [5.41, 5.74) is 3.82. The highest BCUT2D eigenvalue weighted by Gasteiger charge is 2.22. The van der Waals surface area contributed by atoms with E-state index in [2.05, 4.69) is 36.0 Å². The molecule has 0 aliphatic carbocycles. The van der Waals surface area contributed by atoms with Crippen LogP contribution in [0.15, 0.2) is 78.0 Å². The largest absolute Gasteiger partial charge is 0.490 e. The van der Waals surface area contributed by atoms with Crippen molar-refractivity contribution in [1.82, 2.24) is 0 Å². The topological polar surface area (TPSA) is 57.1 Å². The third-order valence-corrected chi connectivity index (χ3v) is 5.26. The van der Waals surface area contributed by atoms with Crippen molar-refractivity contribution >= 4 is 28.5 Å². The van der Waals surface area contributed by atoms with Crippen LogP contribution >= 0.6 is 0 Å². The molecule has 162 valence electrons. The molecule has 0 saturated carbocycles. The number of benzene rings is 3. The van der Waals surface area contributed by atoms with Crippen LogP contribution in [-0.2, 0) is 22.7 Å². The Kier molecular flexibility index (Phi) is 6.36. The van der Waals surface area contributed by atoms with Crippen LogP contribution in [0.25, 0.3) is 16.8 Å². The standard InChI is InChI=1S/C27H25NO4/c1-4-9-21-14-19(15-24-18(3)28-32-27(24)29)16-25(30-5-2)26(21)31-17-22-12-8-11-20-10-6-7-13-23(20)22/h4,6-8,10-16H,1,5,9,17H2,2-3H3/b24-15-. The summed E-state index contributed by atoms with van der Waals surface area (Å²) in [7, 11) is 0. The Labute approximate surface area is 187 Å². The van der Waals surface area contributed by atoms with Gasteiger partial charge in [-0.2, -0.15) is 0 Å². The molecule has 0 fully saturated rings. The molecule has 4 rings (SSSR count). The van der Waals surface area contributed by atoms with Gasteiger partial charge in [0.05, 0.1) is 17.9 Å². The molecular formula is C27H25NO4. The second kappa shape index (κ2) is 9.52. The van der Waals surface area contributed by atoms with Crippen LogP contribution in [0.2, 0.25) is 0 Å². The monoisotopic (exact) mass is 427 g/mol. The Balaban J connectivity index is 1.71. The van der Waals surface area contributed by atoms with Gasteiger partial charge in [-0.25, -0.2) is 4.79 Å². The minimum Gasteiger partial charge on any atom is -0.490 e. The fraction of sp³-hybridized carbons (Fsp3) is 0.185. The normalized spacial score (nSPS) is 14.4. The van der Waals surface area contributed by atoms with Crippen molar-refractivity contribution in [1.29, 1.82) is 0 Å². The minimum atomic E-state index is -0.456. The molecule has 32 heavy (non-hydrogen) atoms. The molecule has 1 aliphatic heterocycles. The molecule has 0 N–H and O–H groups in total. The van der Waals surface area contributed by atoms with Crippen molar-refractivity contribution in [2.45, 2.75) is 26.9 Å². The average molecular weight is 428 g/mol. The SMILES string of the molecule is C=CCc1cc(/C=C2\C(=O)ON=C2C)cc(OCC)c1OCc1cccc2ccccc12. The third-order valence-electron chi connectivity index (χ3n) is 5.26. The van der Waals surface area contributed by atoms with Crippen LogP contribution < -0.4 is 9.47 Å². The van der Waals surface area contributed by atoms with E-state index in [9.17, 15) is 4.79 Å². The van der Waals surface area contributed by atoms with Crippen LogP contribution in [0.5, 0.6) is 11.5 Å². The molecule has 0 radical (unpaired) electrons. The van der Waals surface area contributed by atoms with Gasteiger partial charge >= 0.3 is 5.97 Å². The summed E-state index contributed by atoms with van der Waals surface area (Å²) in [6.45, 7) is 8.45. The van der Waals surface area contributed by atoms with Crippen molar-refractivity contribution in [2.24, 2.45) is 5.16 Å². The Morgan fingerprint density at radius 1 is 1.06 bits per heavy atom. The number of hydrogen-bond acceptors (Lipinski definition) is 5. The molecule has 5 nitrogen and oxygen atoms in total. The van der Waals surface area contributed by atoms with Crippen LogP contribution in [0.1, 0.15) is 30.5 Å². The zero-order valence-electron chi connectivity index (χ0n) is 18.3. The number of carbonyl (C=O) groups is 1. The molecule has 3 aromatic carbocycles. The number of rotatable bonds is 8. The van der Waals surface area contributed by atoms with Crippen LogP contribution in [0.3, 0.4) is 0 Å². The number of nitrogens with zero attached hydrogens (tertiary/aromatic N) is 1. The summed E-state index contributed by atoms with van der Waals surface area (Å²) in [6, 6.07) is 18.3. The molecule has 0 unspecified atom stereocenters. The van der Waals surface area contributed by atoms with E-state index in [1.54, 1.807) is 13.0 Å². The number of oxime groups is 1. The van der Waals surface area contributed by atoms with Gasteiger partial charge in [0, 0.05) is 5.56 Å². The lowest BCUT2D eigenvalue weighted by atomic mass is 10.0. The molecule has 0 spiro atoms. The average Bonchev–Trinajstić information content (AvgIpc) is 3.11. The maximum atomic E-state index is 12.0. The van der Waals surface area contributed by atoms with Gasteiger partial charge in [-0.1, -0.05) is 53.7 Å². The number of carbonyl (C=O) groups excluding carboxylic acids is 1.